The predicted octanol–water partition coefficient (Wildman–Crippen LogP) is 3.24. The van der Waals surface area contributed by atoms with Crippen LogP contribution in [0.25, 0.3) is 0 Å². The maximum absolute atomic E-state index is 12.6. The first-order valence-corrected chi connectivity index (χ1v) is 13.6. The second-order valence-corrected chi connectivity index (χ2v) is 12.1. The number of hydrogen-bond acceptors (Lipinski definition) is 5. The normalized spacial score (nSPS) is 30.7. The Morgan fingerprint density at radius 3 is 2.31 bits per heavy atom. The third kappa shape index (κ3) is 4.76. The van der Waals surface area contributed by atoms with Crippen molar-refractivity contribution in [2.24, 2.45) is 23.2 Å². The minimum Gasteiger partial charge on any atom is -0.490 e. The Morgan fingerprint density at radius 2 is 1.62 bits per heavy atom. The quantitative estimate of drug-likeness (QED) is 0.619. The summed E-state index contributed by atoms with van der Waals surface area (Å²) >= 11 is 0. The van der Waals surface area contributed by atoms with Crippen LogP contribution in [0.15, 0.2) is 23.1 Å². The summed E-state index contributed by atoms with van der Waals surface area (Å²) in [5.74, 6) is 3.63. The molecule has 0 saturated heterocycles. The van der Waals surface area contributed by atoms with Crippen molar-refractivity contribution < 1.29 is 22.7 Å². The molecule has 7 nitrogen and oxygen atoms in total. The lowest BCUT2D eigenvalue weighted by atomic mass is 9.49. The molecule has 5 aliphatic rings. The molecule has 1 aliphatic heterocycles. The van der Waals surface area contributed by atoms with Crippen LogP contribution in [0.3, 0.4) is 0 Å². The van der Waals surface area contributed by atoms with E-state index in [1.165, 1.54) is 50.7 Å². The van der Waals surface area contributed by atoms with Crippen LogP contribution in [-0.4, -0.2) is 40.6 Å². The second kappa shape index (κ2) is 8.86. The second-order valence-electron chi connectivity index (χ2n) is 10.3. The van der Waals surface area contributed by atoms with Gasteiger partial charge >= 0.3 is 0 Å². The van der Waals surface area contributed by atoms with Gasteiger partial charge in [-0.2, -0.15) is 0 Å². The number of benzene rings is 1. The highest BCUT2D eigenvalue weighted by Crippen LogP contribution is 2.61. The van der Waals surface area contributed by atoms with Gasteiger partial charge in [-0.15, -0.1) is 0 Å². The molecule has 1 aromatic carbocycles. The maximum Gasteiger partial charge on any atom is 0.240 e. The number of nitrogens with one attached hydrogen (secondary N) is 2. The summed E-state index contributed by atoms with van der Waals surface area (Å²) in [6, 6.07) is 4.60. The third-order valence-electron chi connectivity index (χ3n) is 7.82. The van der Waals surface area contributed by atoms with Crippen LogP contribution in [0, 0.1) is 23.2 Å². The van der Waals surface area contributed by atoms with E-state index in [1.807, 2.05) is 0 Å². The van der Waals surface area contributed by atoms with E-state index in [-0.39, 0.29) is 23.8 Å². The molecule has 32 heavy (non-hydrogen) atoms. The molecule has 0 radical (unpaired) electrons. The summed E-state index contributed by atoms with van der Waals surface area (Å²) < 4.78 is 38.9. The lowest BCUT2D eigenvalue weighted by Gasteiger charge is -2.57. The molecule has 0 spiro atoms. The van der Waals surface area contributed by atoms with E-state index >= 15 is 0 Å². The van der Waals surface area contributed by atoms with Gasteiger partial charge < -0.3 is 14.8 Å². The van der Waals surface area contributed by atoms with Crippen LogP contribution < -0.4 is 19.5 Å². The number of hydrogen-bond donors (Lipinski definition) is 2. The zero-order valence-electron chi connectivity index (χ0n) is 18.6. The van der Waals surface area contributed by atoms with Crippen molar-refractivity contribution in [3.63, 3.8) is 0 Å². The minimum absolute atomic E-state index is 0.0694. The van der Waals surface area contributed by atoms with E-state index in [4.69, 9.17) is 9.47 Å². The minimum atomic E-state index is -3.72. The molecular formula is C24H34N2O5S. The Morgan fingerprint density at radius 1 is 0.969 bits per heavy atom. The number of carbonyl (C=O) groups is 1. The van der Waals surface area contributed by atoms with Crippen molar-refractivity contribution >= 4 is 15.9 Å². The zero-order chi connectivity index (χ0) is 22.2. The van der Waals surface area contributed by atoms with Crippen molar-refractivity contribution in [3.05, 3.63) is 18.2 Å². The van der Waals surface area contributed by atoms with Gasteiger partial charge in [-0.05, 0) is 80.2 Å². The highest BCUT2D eigenvalue weighted by molar-refractivity contribution is 7.89. The van der Waals surface area contributed by atoms with Crippen molar-refractivity contribution in [2.45, 2.75) is 62.7 Å². The Labute approximate surface area is 190 Å². The molecule has 1 aromatic rings. The molecule has 176 valence electrons. The Bertz CT molecular complexity index is 926. The SMILES string of the molecule is O=C(CCNS(=O)(=O)c1ccc2c(c1)OCCCO2)NCCC12CC3CC(CC(C3)C1)C2. The number of ether oxygens (including phenoxy) is 2. The molecular weight excluding hydrogens is 428 g/mol. The van der Waals surface area contributed by atoms with Crippen LogP contribution in [-0.2, 0) is 14.8 Å². The third-order valence-corrected chi connectivity index (χ3v) is 9.27. The summed E-state index contributed by atoms with van der Waals surface area (Å²) in [6.45, 7) is 1.81. The van der Waals surface area contributed by atoms with Crippen molar-refractivity contribution in [2.75, 3.05) is 26.3 Å². The monoisotopic (exact) mass is 462 g/mol. The summed E-state index contributed by atoms with van der Waals surface area (Å²) in [5.41, 5.74) is 0.445. The van der Waals surface area contributed by atoms with Gasteiger partial charge in [-0.3, -0.25) is 4.79 Å². The molecule has 4 bridgehead atoms. The highest BCUT2D eigenvalue weighted by Gasteiger charge is 2.50. The number of fused-ring (bicyclic) bond motifs is 1. The molecule has 1 amide bonds. The van der Waals surface area contributed by atoms with E-state index in [2.05, 4.69) is 10.0 Å². The molecule has 2 N–H and O–H groups in total. The van der Waals surface area contributed by atoms with Gasteiger partial charge in [0.05, 0.1) is 18.1 Å². The zero-order valence-corrected chi connectivity index (χ0v) is 19.4. The summed E-state index contributed by atoms with van der Waals surface area (Å²) in [7, 11) is -3.72. The van der Waals surface area contributed by atoms with E-state index in [1.54, 1.807) is 6.07 Å². The largest absolute Gasteiger partial charge is 0.490 e. The number of sulfonamides is 1. The topological polar surface area (TPSA) is 93.7 Å². The van der Waals surface area contributed by atoms with Gasteiger partial charge in [-0.1, -0.05) is 0 Å². The van der Waals surface area contributed by atoms with Gasteiger partial charge in [0, 0.05) is 32.0 Å². The van der Waals surface area contributed by atoms with Crippen LogP contribution in [0.1, 0.15) is 57.8 Å². The molecule has 0 aromatic heterocycles. The van der Waals surface area contributed by atoms with Gasteiger partial charge in [0.15, 0.2) is 11.5 Å². The van der Waals surface area contributed by atoms with Crippen LogP contribution in [0.5, 0.6) is 11.5 Å². The molecule has 0 unspecified atom stereocenters. The smallest absolute Gasteiger partial charge is 0.240 e. The number of rotatable bonds is 8. The van der Waals surface area contributed by atoms with Gasteiger partial charge in [0.25, 0.3) is 0 Å². The summed E-state index contributed by atoms with van der Waals surface area (Å²) in [6.07, 6.45) is 10.2. The molecule has 0 atom stereocenters. The molecule has 8 heteroatoms. The van der Waals surface area contributed by atoms with E-state index in [0.717, 1.165) is 30.6 Å². The van der Waals surface area contributed by atoms with Crippen LogP contribution in [0.2, 0.25) is 0 Å². The molecule has 4 aliphatic carbocycles. The Kier molecular flexibility index (Phi) is 6.09. The molecule has 4 saturated carbocycles. The van der Waals surface area contributed by atoms with Crippen LogP contribution >= 0.6 is 0 Å². The Balaban J connectivity index is 1.07. The average molecular weight is 463 g/mol. The lowest BCUT2D eigenvalue weighted by Crippen LogP contribution is -2.47. The van der Waals surface area contributed by atoms with Gasteiger partial charge in [-0.25, -0.2) is 13.1 Å². The maximum atomic E-state index is 12.6. The van der Waals surface area contributed by atoms with Gasteiger partial charge in [0.1, 0.15) is 0 Å². The van der Waals surface area contributed by atoms with Crippen molar-refractivity contribution in [1.29, 1.82) is 0 Å². The van der Waals surface area contributed by atoms with E-state index in [9.17, 15) is 13.2 Å². The van der Waals surface area contributed by atoms with E-state index in [0.29, 0.717) is 36.7 Å². The molecule has 6 rings (SSSR count). The highest BCUT2D eigenvalue weighted by atomic mass is 32.2. The first-order chi connectivity index (χ1) is 15.4. The lowest BCUT2D eigenvalue weighted by molar-refractivity contribution is -0.121. The molecule has 4 fully saturated rings. The van der Waals surface area contributed by atoms with Gasteiger partial charge in [0.2, 0.25) is 15.9 Å². The Hall–Kier alpha value is -1.80. The fourth-order valence-corrected chi connectivity index (χ4v) is 7.89. The fourth-order valence-electron chi connectivity index (χ4n) is 6.84. The average Bonchev–Trinajstić information content (AvgIpc) is 2.97. The number of amides is 1. The van der Waals surface area contributed by atoms with Crippen LogP contribution in [0.4, 0.5) is 0 Å². The van der Waals surface area contributed by atoms with Crippen molar-refractivity contribution in [1.82, 2.24) is 10.0 Å². The van der Waals surface area contributed by atoms with E-state index < -0.39 is 10.0 Å². The first kappa shape index (κ1) is 22.0. The predicted molar refractivity (Wildman–Crippen MR) is 120 cm³/mol. The summed E-state index contributed by atoms with van der Waals surface area (Å²) in [5, 5.41) is 3.02. The fraction of sp³-hybridized carbons (Fsp3) is 0.708. The standard InChI is InChI=1S/C24H34N2O5S/c27-23(25-7-5-24-14-17-10-18(15-24)12-19(11-17)16-24)4-6-26-32(28,29)20-2-3-21-22(13-20)31-9-1-8-30-21/h2-3,13,17-19,26H,1,4-12,14-16H2,(H,25,27). The molecule has 1 heterocycles. The van der Waals surface area contributed by atoms with Crippen molar-refractivity contribution in [3.8, 4) is 11.5 Å². The summed E-state index contributed by atoms with van der Waals surface area (Å²) in [4.78, 5) is 12.4. The number of carbonyl (C=O) groups excluding carboxylic acids is 1. The first-order valence-electron chi connectivity index (χ1n) is 12.1.